The van der Waals surface area contributed by atoms with Crippen LogP contribution in [0.2, 0.25) is 0 Å². The van der Waals surface area contributed by atoms with Crippen molar-refractivity contribution in [2.45, 2.75) is 38.5 Å². The largest absolute Gasteiger partial charge is 0.446 e. The van der Waals surface area contributed by atoms with E-state index in [4.69, 9.17) is 9.52 Å². The Morgan fingerprint density at radius 2 is 2.35 bits per heavy atom. The molecule has 1 atom stereocenters. The van der Waals surface area contributed by atoms with Crippen LogP contribution in [0.3, 0.4) is 0 Å². The van der Waals surface area contributed by atoms with Gasteiger partial charge in [-0.05, 0) is 39.8 Å². The monoisotopic (exact) mass is 238 g/mol. The molecule has 2 heterocycles. The molecule has 0 aromatic carbocycles. The SMILES string of the molecule is Cc1oc(CCCO)nc1C1CCCN(C)C1. The third-order valence-corrected chi connectivity index (χ3v) is 3.44. The van der Waals surface area contributed by atoms with Gasteiger partial charge in [0.1, 0.15) is 5.76 Å². The highest BCUT2D eigenvalue weighted by atomic mass is 16.4. The second-order valence-electron chi connectivity index (χ2n) is 4.98. The van der Waals surface area contributed by atoms with Gasteiger partial charge in [-0.15, -0.1) is 0 Å². The molecule has 0 spiro atoms. The molecule has 1 aliphatic rings. The highest BCUT2D eigenvalue weighted by Crippen LogP contribution is 2.28. The lowest BCUT2D eigenvalue weighted by Gasteiger charge is -2.28. The third-order valence-electron chi connectivity index (χ3n) is 3.44. The zero-order valence-electron chi connectivity index (χ0n) is 10.8. The molecule has 1 fully saturated rings. The van der Waals surface area contributed by atoms with Crippen molar-refractivity contribution in [3.63, 3.8) is 0 Å². The molecular formula is C13H22N2O2. The Labute approximate surface area is 103 Å². The summed E-state index contributed by atoms with van der Waals surface area (Å²) in [7, 11) is 2.16. The number of oxazole rings is 1. The minimum Gasteiger partial charge on any atom is -0.446 e. The summed E-state index contributed by atoms with van der Waals surface area (Å²) < 4.78 is 5.66. The number of hydrogen-bond donors (Lipinski definition) is 1. The first-order chi connectivity index (χ1) is 8.20. The topological polar surface area (TPSA) is 49.5 Å². The molecule has 1 saturated heterocycles. The van der Waals surface area contributed by atoms with Crippen molar-refractivity contribution in [2.24, 2.45) is 0 Å². The maximum Gasteiger partial charge on any atom is 0.194 e. The van der Waals surface area contributed by atoms with E-state index in [2.05, 4.69) is 16.9 Å². The van der Waals surface area contributed by atoms with Gasteiger partial charge in [-0.25, -0.2) is 4.98 Å². The van der Waals surface area contributed by atoms with Crippen molar-refractivity contribution in [3.05, 3.63) is 17.3 Å². The lowest BCUT2D eigenvalue weighted by Crippen LogP contribution is -2.31. The summed E-state index contributed by atoms with van der Waals surface area (Å²) in [5, 5.41) is 8.81. The van der Waals surface area contributed by atoms with Gasteiger partial charge in [0.15, 0.2) is 5.89 Å². The first-order valence-electron chi connectivity index (χ1n) is 6.46. The van der Waals surface area contributed by atoms with Crippen molar-refractivity contribution < 1.29 is 9.52 Å². The van der Waals surface area contributed by atoms with Crippen LogP contribution < -0.4 is 0 Å². The predicted molar refractivity (Wildman–Crippen MR) is 66.1 cm³/mol. The Kier molecular flexibility index (Phi) is 4.18. The van der Waals surface area contributed by atoms with Crippen LogP contribution in [0.4, 0.5) is 0 Å². The van der Waals surface area contributed by atoms with Crippen LogP contribution in [0.1, 0.15) is 42.5 Å². The Morgan fingerprint density at radius 3 is 3.06 bits per heavy atom. The fraction of sp³-hybridized carbons (Fsp3) is 0.769. The standard InChI is InChI=1S/C13H22N2O2/c1-10-13(11-5-3-7-15(2)9-11)14-12(17-10)6-4-8-16/h11,16H,3-9H2,1-2H3. The number of likely N-dealkylation sites (tertiary alicyclic amines) is 1. The van der Waals surface area contributed by atoms with Crippen LogP contribution in [0.15, 0.2) is 4.42 Å². The van der Waals surface area contributed by atoms with Gasteiger partial charge in [-0.3, -0.25) is 0 Å². The molecule has 1 aromatic rings. The van der Waals surface area contributed by atoms with Gasteiger partial charge >= 0.3 is 0 Å². The number of hydrogen-bond acceptors (Lipinski definition) is 4. The number of aromatic nitrogens is 1. The number of aliphatic hydroxyl groups is 1. The Morgan fingerprint density at radius 1 is 1.53 bits per heavy atom. The summed E-state index contributed by atoms with van der Waals surface area (Å²) >= 11 is 0. The second kappa shape index (κ2) is 5.65. The first kappa shape index (κ1) is 12.6. The molecule has 0 radical (unpaired) electrons. The van der Waals surface area contributed by atoms with E-state index >= 15 is 0 Å². The van der Waals surface area contributed by atoms with E-state index in [0.29, 0.717) is 5.92 Å². The van der Waals surface area contributed by atoms with Crippen LogP contribution in [-0.2, 0) is 6.42 Å². The Hall–Kier alpha value is -0.870. The van der Waals surface area contributed by atoms with Gasteiger partial charge in [-0.2, -0.15) is 0 Å². The quantitative estimate of drug-likeness (QED) is 0.867. The smallest absolute Gasteiger partial charge is 0.194 e. The predicted octanol–water partition coefficient (Wildman–Crippen LogP) is 1.72. The summed E-state index contributed by atoms with van der Waals surface area (Å²) in [5.74, 6) is 2.25. The minimum atomic E-state index is 0.197. The highest BCUT2D eigenvalue weighted by Gasteiger charge is 2.24. The number of likely N-dealkylation sites (N-methyl/N-ethyl adjacent to an activating group) is 1. The number of aliphatic hydroxyl groups excluding tert-OH is 1. The van der Waals surface area contributed by atoms with Gasteiger partial charge < -0.3 is 14.4 Å². The summed E-state index contributed by atoms with van der Waals surface area (Å²) in [5.41, 5.74) is 1.13. The molecule has 0 aliphatic carbocycles. The molecule has 0 amide bonds. The molecule has 4 heteroatoms. The normalized spacial score (nSPS) is 21.9. The molecule has 1 aliphatic heterocycles. The van der Waals surface area contributed by atoms with E-state index < -0.39 is 0 Å². The minimum absolute atomic E-state index is 0.197. The molecule has 1 unspecified atom stereocenters. The van der Waals surface area contributed by atoms with Crippen molar-refractivity contribution in [1.82, 2.24) is 9.88 Å². The van der Waals surface area contributed by atoms with Crippen molar-refractivity contribution in [3.8, 4) is 0 Å². The van der Waals surface area contributed by atoms with Crippen LogP contribution in [0.25, 0.3) is 0 Å². The van der Waals surface area contributed by atoms with Crippen LogP contribution in [0.5, 0.6) is 0 Å². The molecular weight excluding hydrogens is 216 g/mol. The summed E-state index contributed by atoms with van der Waals surface area (Å²) in [6, 6.07) is 0. The fourth-order valence-electron chi connectivity index (χ4n) is 2.57. The van der Waals surface area contributed by atoms with Crippen LogP contribution in [-0.4, -0.2) is 41.7 Å². The number of nitrogens with zero attached hydrogens (tertiary/aromatic N) is 2. The summed E-state index contributed by atoms with van der Waals surface area (Å²) in [6.45, 7) is 4.46. The van der Waals surface area contributed by atoms with Gasteiger partial charge in [0.05, 0.1) is 5.69 Å². The van der Waals surface area contributed by atoms with Crippen molar-refractivity contribution in [1.29, 1.82) is 0 Å². The molecule has 0 bridgehead atoms. The first-order valence-corrected chi connectivity index (χ1v) is 6.46. The number of rotatable bonds is 4. The summed E-state index contributed by atoms with van der Waals surface area (Å²) in [4.78, 5) is 6.96. The van der Waals surface area contributed by atoms with Crippen molar-refractivity contribution in [2.75, 3.05) is 26.7 Å². The van der Waals surface area contributed by atoms with E-state index in [9.17, 15) is 0 Å². The van der Waals surface area contributed by atoms with Crippen LogP contribution >= 0.6 is 0 Å². The zero-order chi connectivity index (χ0) is 12.3. The van der Waals surface area contributed by atoms with E-state index in [-0.39, 0.29) is 6.61 Å². The average Bonchev–Trinajstić information content (AvgIpc) is 2.68. The lowest BCUT2D eigenvalue weighted by molar-refractivity contribution is 0.247. The van der Waals surface area contributed by atoms with E-state index in [0.717, 1.165) is 36.7 Å². The maximum atomic E-state index is 8.81. The van der Waals surface area contributed by atoms with Crippen LogP contribution in [0, 0.1) is 6.92 Å². The van der Waals surface area contributed by atoms with Gasteiger partial charge in [0.2, 0.25) is 0 Å². The zero-order valence-corrected chi connectivity index (χ0v) is 10.8. The fourth-order valence-corrected chi connectivity index (χ4v) is 2.57. The molecule has 2 rings (SSSR count). The number of aryl methyl sites for hydroxylation is 2. The van der Waals surface area contributed by atoms with Gasteiger partial charge in [0, 0.05) is 25.5 Å². The molecule has 1 N–H and O–H groups in total. The Balaban J connectivity index is 2.06. The van der Waals surface area contributed by atoms with Gasteiger partial charge in [0.25, 0.3) is 0 Å². The second-order valence-corrected chi connectivity index (χ2v) is 4.98. The average molecular weight is 238 g/mol. The molecule has 96 valence electrons. The molecule has 17 heavy (non-hydrogen) atoms. The van der Waals surface area contributed by atoms with E-state index in [1.165, 1.54) is 19.4 Å². The Bertz CT molecular complexity index is 362. The molecule has 0 saturated carbocycles. The van der Waals surface area contributed by atoms with Crippen molar-refractivity contribution >= 4 is 0 Å². The lowest BCUT2D eigenvalue weighted by atomic mass is 9.94. The van der Waals surface area contributed by atoms with E-state index in [1.807, 2.05) is 6.92 Å². The number of piperidine rings is 1. The van der Waals surface area contributed by atoms with E-state index in [1.54, 1.807) is 0 Å². The highest BCUT2D eigenvalue weighted by molar-refractivity contribution is 5.15. The van der Waals surface area contributed by atoms with Gasteiger partial charge in [-0.1, -0.05) is 0 Å². The molecule has 1 aromatic heterocycles. The maximum absolute atomic E-state index is 8.81. The third kappa shape index (κ3) is 3.07. The summed E-state index contributed by atoms with van der Waals surface area (Å²) in [6.07, 6.45) is 3.90. The molecule has 4 nitrogen and oxygen atoms in total.